The molecule has 1 aromatic heterocycles. The molecule has 184 valence electrons. The third-order valence-corrected chi connectivity index (χ3v) is 6.66. The van der Waals surface area contributed by atoms with Crippen molar-refractivity contribution in [2.45, 2.75) is 25.7 Å². The van der Waals surface area contributed by atoms with Crippen molar-refractivity contribution < 1.29 is 19.1 Å². The maximum Gasteiger partial charge on any atom is 0.226 e. The first kappa shape index (κ1) is 25.1. The Morgan fingerprint density at radius 1 is 1.00 bits per heavy atom. The fourth-order valence-corrected chi connectivity index (χ4v) is 4.87. The Hall–Kier alpha value is -3.97. The molecule has 1 N–H and O–H groups in total. The summed E-state index contributed by atoms with van der Waals surface area (Å²) >= 11 is 1.47. The summed E-state index contributed by atoms with van der Waals surface area (Å²) in [7, 11) is 3.06. The smallest absolute Gasteiger partial charge is 0.226 e. The van der Waals surface area contributed by atoms with Gasteiger partial charge < -0.3 is 14.8 Å². The summed E-state index contributed by atoms with van der Waals surface area (Å²) in [5, 5.41) is 3.42. The second-order valence-electron chi connectivity index (χ2n) is 8.18. The van der Waals surface area contributed by atoms with Crippen LogP contribution in [0.25, 0.3) is 5.57 Å². The van der Waals surface area contributed by atoms with Crippen LogP contribution in [0.1, 0.15) is 45.8 Å². The number of benzene rings is 2. The van der Waals surface area contributed by atoms with E-state index in [4.69, 9.17) is 14.5 Å². The van der Waals surface area contributed by atoms with Crippen molar-refractivity contribution in [2.24, 2.45) is 0 Å². The van der Waals surface area contributed by atoms with Crippen LogP contribution in [0.15, 0.2) is 78.9 Å². The van der Waals surface area contributed by atoms with Crippen molar-refractivity contribution in [3.8, 4) is 11.5 Å². The van der Waals surface area contributed by atoms with Crippen LogP contribution in [0.4, 0.5) is 5.13 Å². The van der Waals surface area contributed by atoms with Crippen LogP contribution in [-0.4, -0.2) is 30.9 Å². The van der Waals surface area contributed by atoms with Gasteiger partial charge in [-0.2, -0.15) is 0 Å². The topological polar surface area (TPSA) is 77.5 Å². The summed E-state index contributed by atoms with van der Waals surface area (Å²) in [6.07, 6.45) is 12.0. The van der Waals surface area contributed by atoms with E-state index < -0.39 is 0 Å². The van der Waals surface area contributed by atoms with Gasteiger partial charge in [-0.1, -0.05) is 60.7 Å². The van der Waals surface area contributed by atoms with E-state index in [0.717, 1.165) is 29.0 Å². The quantitative estimate of drug-likeness (QED) is 0.333. The van der Waals surface area contributed by atoms with Crippen molar-refractivity contribution in [1.82, 2.24) is 4.98 Å². The van der Waals surface area contributed by atoms with Crippen LogP contribution in [0.5, 0.6) is 11.5 Å². The molecule has 0 bridgehead atoms. The van der Waals surface area contributed by atoms with Gasteiger partial charge in [0.2, 0.25) is 5.91 Å². The van der Waals surface area contributed by atoms with Gasteiger partial charge in [-0.15, -0.1) is 11.3 Å². The molecular weight excluding hydrogens is 472 g/mol. The van der Waals surface area contributed by atoms with Crippen molar-refractivity contribution in [2.75, 3.05) is 19.5 Å². The standard InChI is InChI=1S/C29H28N2O4S/c1-34-24-16-14-22(19-25(24)35-2)23(32)15-17-27(33)30-29-31-28(21-12-8-3-4-9-13-21)26(36-29)18-20-10-6-5-7-11-20/h3,5-14,16,19H,4,15,17-18H2,1-2H3,(H,30,31,33). The SMILES string of the molecule is COc1ccc(C(=O)CCC(=O)Nc2nc(C3=CC=CCC=C3)c(Cc3ccccc3)s2)cc1OC. The van der Waals surface area contributed by atoms with E-state index in [1.165, 1.54) is 24.0 Å². The monoisotopic (exact) mass is 500 g/mol. The van der Waals surface area contributed by atoms with Crippen LogP contribution in [-0.2, 0) is 11.2 Å². The number of nitrogens with zero attached hydrogens (tertiary/aromatic N) is 1. The Balaban J connectivity index is 1.46. The predicted octanol–water partition coefficient (Wildman–Crippen LogP) is 6.25. The highest BCUT2D eigenvalue weighted by atomic mass is 32.1. The van der Waals surface area contributed by atoms with E-state index in [0.29, 0.717) is 22.2 Å². The van der Waals surface area contributed by atoms with E-state index in [1.54, 1.807) is 25.3 Å². The minimum absolute atomic E-state index is 0.0570. The minimum atomic E-state index is -0.249. The number of carbonyl (C=O) groups excluding carboxylic acids is 2. The van der Waals surface area contributed by atoms with Crippen LogP contribution in [0, 0.1) is 0 Å². The molecule has 1 aliphatic rings. The van der Waals surface area contributed by atoms with Gasteiger partial charge in [0.25, 0.3) is 0 Å². The highest BCUT2D eigenvalue weighted by Gasteiger charge is 2.18. The van der Waals surface area contributed by atoms with E-state index >= 15 is 0 Å². The minimum Gasteiger partial charge on any atom is -0.493 e. The lowest BCUT2D eigenvalue weighted by atomic mass is 10.1. The number of Topliss-reactive ketones (excluding diaryl/α,β-unsaturated/α-hetero) is 1. The molecule has 1 heterocycles. The number of nitrogens with one attached hydrogen (secondary N) is 1. The highest BCUT2D eigenvalue weighted by molar-refractivity contribution is 7.16. The van der Waals surface area contributed by atoms with Crippen molar-refractivity contribution >= 4 is 33.7 Å². The molecule has 0 saturated heterocycles. The molecule has 0 radical (unpaired) electrons. The zero-order valence-corrected chi connectivity index (χ0v) is 21.1. The fourth-order valence-electron chi connectivity index (χ4n) is 3.83. The number of amides is 1. The van der Waals surface area contributed by atoms with E-state index in [-0.39, 0.29) is 24.5 Å². The summed E-state index contributed by atoms with van der Waals surface area (Å²) < 4.78 is 10.5. The molecule has 36 heavy (non-hydrogen) atoms. The molecule has 0 fully saturated rings. The molecule has 0 spiro atoms. The Bertz CT molecular complexity index is 1320. The normalized spacial score (nSPS) is 12.6. The van der Waals surface area contributed by atoms with Crippen molar-refractivity contribution in [1.29, 1.82) is 0 Å². The number of rotatable bonds is 10. The van der Waals surface area contributed by atoms with Gasteiger partial charge in [-0.3, -0.25) is 9.59 Å². The third-order valence-electron chi connectivity index (χ3n) is 5.69. The number of allylic oxidation sites excluding steroid dienone is 6. The molecule has 0 saturated carbocycles. The maximum atomic E-state index is 12.7. The average Bonchev–Trinajstić information content (AvgIpc) is 3.10. The molecule has 0 unspecified atom stereocenters. The van der Waals surface area contributed by atoms with E-state index in [1.807, 2.05) is 30.4 Å². The van der Waals surface area contributed by atoms with Gasteiger partial charge >= 0.3 is 0 Å². The van der Waals surface area contributed by atoms with Crippen LogP contribution in [0.2, 0.25) is 0 Å². The second-order valence-corrected chi connectivity index (χ2v) is 9.27. The average molecular weight is 501 g/mol. The zero-order valence-electron chi connectivity index (χ0n) is 20.3. The van der Waals surface area contributed by atoms with Crippen molar-refractivity contribution in [3.05, 3.63) is 101 Å². The first-order valence-corrected chi connectivity index (χ1v) is 12.5. The Morgan fingerprint density at radius 3 is 2.58 bits per heavy atom. The summed E-state index contributed by atoms with van der Waals surface area (Å²) in [4.78, 5) is 31.2. The third kappa shape index (κ3) is 6.37. The lowest BCUT2D eigenvalue weighted by molar-refractivity contribution is -0.116. The lowest BCUT2D eigenvalue weighted by Gasteiger charge is -2.09. The molecule has 4 rings (SSSR count). The lowest BCUT2D eigenvalue weighted by Crippen LogP contribution is -2.13. The number of methoxy groups -OCH3 is 2. The summed E-state index contributed by atoms with van der Waals surface area (Å²) in [5.41, 5.74) is 3.52. The maximum absolute atomic E-state index is 12.7. The van der Waals surface area contributed by atoms with Gasteiger partial charge in [-0.05, 0) is 30.2 Å². The first-order valence-electron chi connectivity index (χ1n) is 11.7. The predicted molar refractivity (Wildman–Crippen MR) is 144 cm³/mol. The molecule has 1 aliphatic carbocycles. The number of hydrogen-bond donors (Lipinski definition) is 1. The van der Waals surface area contributed by atoms with Crippen LogP contribution >= 0.6 is 11.3 Å². The van der Waals surface area contributed by atoms with E-state index in [9.17, 15) is 9.59 Å². The van der Waals surface area contributed by atoms with Gasteiger partial charge in [0.1, 0.15) is 0 Å². The van der Waals surface area contributed by atoms with Gasteiger partial charge in [0.05, 0.1) is 19.9 Å². The molecular formula is C29H28N2O4S. The fraction of sp³-hybridized carbons (Fsp3) is 0.207. The number of hydrogen-bond acceptors (Lipinski definition) is 6. The van der Waals surface area contributed by atoms with Gasteiger partial charge in [0, 0.05) is 35.3 Å². The number of aromatic nitrogens is 1. The van der Waals surface area contributed by atoms with Crippen LogP contribution in [0.3, 0.4) is 0 Å². The molecule has 6 nitrogen and oxygen atoms in total. The molecule has 3 aromatic rings. The molecule has 2 aromatic carbocycles. The Kier molecular flexibility index (Phi) is 8.47. The Morgan fingerprint density at radius 2 is 1.81 bits per heavy atom. The molecule has 1 amide bonds. The number of carbonyl (C=O) groups is 2. The second kappa shape index (κ2) is 12.1. The molecule has 7 heteroatoms. The van der Waals surface area contributed by atoms with Crippen LogP contribution < -0.4 is 14.8 Å². The number of anilines is 1. The van der Waals surface area contributed by atoms with Gasteiger partial charge in [-0.25, -0.2) is 4.98 Å². The number of ether oxygens (including phenoxy) is 2. The highest BCUT2D eigenvalue weighted by Crippen LogP contribution is 2.32. The summed E-state index contributed by atoms with van der Waals surface area (Å²) in [6, 6.07) is 15.2. The number of thiazole rings is 1. The largest absolute Gasteiger partial charge is 0.493 e. The molecule has 0 aliphatic heterocycles. The van der Waals surface area contributed by atoms with Crippen molar-refractivity contribution in [3.63, 3.8) is 0 Å². The first-order chi connectivity index (χ1) is 17.6. The molecule has 0 atom stereocenters. The zero-order chi connectivity index (χ0) is 25.3. The van der Waals surface area contributed by atoms with Gasteiger partial charge in [0.15, 0.2) is 22.4 Å². The summed E-state index contributed by atoms with van der Waals surface area (Å²) in [6.45, 7) is 0. The summed E-state index contributed by atoms with van der Waals surface area (Å²) in [5.74, 6) is 0.634. The Labute approximate surface area is 215 Å². The van der Waals surface area contributed by atoms with E-state index in [2.05, 4.69) is 35.7 Å². The number of ketones is 1.